The molecule has 1 saturated heterocycles. The molecule has 0 atom stereocenters. The summed E-state index contributed by atoms with van der Waals surface area (Å²) in [4.78, 5) is 22.9. The van der Waals surface area contributed by atoms with Gasteiger partial charge >= 0.3 is 6.03 Å². The predicted octanol–water partition coefficient (Wildman–Crippen LogP) is -1.08. The molecule has 3 amide bonds. The Morgan fingerprint density at radius 2 is 2.27 bits per heavy atom. The van der Waals surface area contributed by atoms with E-state index in [1.165, 1.54) is 4.90 Å². The highest BCUT2D eigenvalue weighted by Gasteiger charge is 2.21. The van der Waals surface area contributed by atoms with Gasteiger partial charge < -0.3 is 10.0 Å². The van der Waals surface area contributed by atoms with Crippen molar-refractivity contribution >= 4 is 11.9 Å². The van der Waals surface area contributed by atoms with E-state index in [4.69, 9.17) is 5.11 Å². The third-order valence-electron chi connectivity index (χ3n) is 1.51. The van der Waals surface area contributed by atoms with Crippen molar-refractivity contribution in [3.8, 4) is 0 Å². The zero-order valence-corrected chi connectivity index (χ0v) is 6.04. The minimum Gasteiger partial charge on any atom is -0.395 e. The number of urea groups is 1. The van der Waals surface area contributed by atoms with Crippen LogP contribution in [-0.2, 0) is 4.79 Å². The van der Waals surface area contributed by atoms with Gasteiger partial charge in [0, 0.05) is 19.5 Å². The quantitative estimate of drug-likeness (QED) is 0.537. The largest absolute Gasteiger partial charge is 0.395 e. The molecular formula is C6H10N2O3. The lowest BCUT2D eigenvalue weighted by atomic mass is 10.3. The van der Waals surface area contributed by atoms with E-state index in [-0.39, 0.29) is 12.5 Å². The molecule has 0 aromatic carbocycles. The number of amides is 3. The summed E-state index contributed by atoms with van der Waals surface area (Å²) in [7, 11) is 0. The van der Waals surface area contributed by atoms with Crippen LogP contribution in [0.5, 0.6) is 0 Å². The Bertz CT molecular complexity index is 181. The van der Waals surface area contributed by atoms with Gasteiger partial charge in [0.05, 0.1) is 6.61 Å². The van der Waals surface area contributed by atoms with Crippen LogP contribution in [0.25, 0.3) is 0 Å². The van der Waals surface area contributed by atoms with Gasteiger partial charge in [0.15, 0.2) is 0 Å². The number of β-amino-alcohol motifs (C(OH)–C–C–N with tert-alkyl or cyclic N) is 1. The first-order chi connectivity index (χ1) is 5.24. The second kappa shape index (κ2) is 3.34. The fraction of sp³-hybridized carbons (Fsp3) is 0.667. The summed E-state index contributed by atoms with van der Waals surface area (Å²) >= 11 is 0. The van der Waals surface area contributed by atoms with Crippen molar-refractivity contribution in [1.82, 2.24) is 10.2 Å². The molecule has 11 heavy (non-hydrogen) atoms. The van der Waals surface area contributed by atoms with Crippen LogP contribution < -0.4 is 5.32 Å². The maximum Gasteiger partial charge on any atom is 0.324 e. The minimum atomic E-state index is -0.407. The Labute approximate surface area is 64.0 Å². The monoisotopic (exact) mass is 158 g/mol. The van der Waals surface area contributed by atoms with Gasteiger partial charge in [0.1, 0.15) is 0 Å². The number of aliphatic hydroxyl groups excluding tert-OH is 1. The van der Waals surface area contributed by atoms with Crippen LogP contribution in [-0.4, -0.2) is 41.6 Å². The molecule has 1 fully saturated rings. The first-order valence-electron chi connectivity index (χ1n) is 3.43. The molecule has 0 saturated carbocycles. The lowest BCUT2D eigenvalue weighted by Crippen LogP contribution is -2.50. The van der Waals surface area contributed by atoms with E-state index in [1.54, 1.807) is 0 Å². The summed E-state index contributed by atoms with van der Waals surface area (Å²) in [6.45, 7) is 0.631. The molecule has 5 nitrogen and oxygen atoms in total. The predicted molar refractivity (Wildman–Crippen MR) is 36.8 cm³/mol. The van der Waals surface area contributed by atoms with Crippen molar-refractivity contribution in [2.75, 3.05) is 19.7 Å². The average Bonchev–Trinajstić information content (AvgIpc) is 1.95. The SMILES string of the molecule is O=C1CCN(CCO)C(=O)N1. The standard InChI is InChI=1S/C6H10N2O3/c9-4-3-8-2-1-5(10)7-6(8)11/h9H,1-4H2,(H,7,10,11). The molecule has 1 aliphatic rings. The van der Waals surface area contributed by atoms with Crippen molar-refractivity contribution in [2.45, 2.75) is 6.42 Å². The summed E-state index contributed by atoms with van der Waals surface area (Å²) in [5.41, 5.74) is 0. The van der Waals surface area contributed by atoms with Crippen LogP contribution in [0.4, 0.5) is 4.79 Å². The number of imide groups is 1. The first-order valence-corrected chi connectivity index (χ1v) is 3.43. The molecule has 5 heteroatoms. The average molecular weight is 158 g/mol. The molecule has 0 aromatic heterocycles. The highest BCUT2D eigenvalue weighted by molar-refractivity contribution is 5.96. The third kappa shape index (κ3) is 1.91. The number of nitrogens with zero attached hydrogens (tertiary/aromatic N) is 1. The fourth-order valence-electron chi connectivity index (χ4n) is 0.933. The van der Waals surface area contributed by atoms with Gasteiger partial charge in [-0.3, -0.25) is 10.1 Å². The van der Waals surface area contributed by atoms with Crippen LogP contribution in [0.3, 0.4) is 0 Å². The number of carbonyl (C=O) groups is 2. The molecular weight excluding hydrogens is 148 g/mol. The molecule has 0 unspecified atom stereocenters. The Balaban J connectivity index is 2.44. The van der Waals surface area contributed by atoms with Gasteiger partial charge in [-0.1, -0.05) is 0 Å². The number of hydrogen-bond acceptors (Lipinski definition) is 3. The molecule has 62 valence electrons. The van der Waals surface area contributed by atoms with Gasteiger partial charge in [0.2, 0.25) is 5.91 Å². The van der Waals surface area contributed by atoms with E-state index in [2.05, 4.69) is 5.32 Å². The van der Waals surface area contributed by atoms with Crippen LogP contribution in [0.1, 0.15) is 6.42 Å². The Hall–Kier alpha value is -1.10. The zero-order chi connectivity index (χ0) is 8.27. The molecule has 0 spiro atoms. The normalized spacial score (nSPS) is 18.5. The fourth-order valence-corrected chi connectivity index (χ4v) is 0.933. The summed E-state index contributed by atoms with van der Waals surface area (Å²) in [6, 6.07) is -0.407. The number of nitrogens with one attached hydrogen (secondary N) is 1. The van der Waals surface area contributed by atoms with E-state index in [1.807, 2.05) is 0 Å². The van der Waals surface area contributed by atoms with Gasteiger partial charge in [-0.25, -0.2) is 4.79 Å². The molecule has 0 bridgehead atoms. The lowest BCUT2D eigenvalue weighted by molar-refractivity contribution is -0.121. The van der Waals surface area contributed by atoms with Crippen molar-refractivity contribution in [3.05, 3.63) is 0 Å². The molecule has 0 aliphatic carbocycles. The highest BCUT2D eigenvalue weighted by Crippen LogP contribution is 1.98. The van der Waals surface area contributed by atoms with E-state index in [9.17, 15) is 9.59 Å². The van der Waals surface area contributed by atoms with Crippen LogP contribution >= 0.6 is 0 Å². The molecule has 0 radical (unpaired) electrons. The van der Waals surface area contributed by atoms with Crippen molar-refractivity contribution in [3.63, 3.8) is 0 Å². The summed E-state index contributed by atoms with van der Waals surface area (Å²) < 4.78 is 0. The second-order valence-electron chi connectivity index (χ2n) is 2.31. The molecule has 0 aromatic rings. The number of hydrogen-bond donors (Lipinski definition) is 2. The smallest absolute Gasteiger partial charge is 0.324 e. The van der Waals surface area contributed by atoms with Crippen LogP contribution in [0.15, 0.2) is 0 Å². The van der Waals surface area contributed by atoms with Crippen LogP contribution in [0.2, 0.25) is 0 Å². The zero-order valence-electron chi connectivity index (χ0n) is 6.04. The van der Waals surface area contributed by atoms with E-state index >= 15 is 0 Å². The van der Waals surface area contributed by atoms with E-state index in [0.29, 0.717) is 19.5 Å². The number of carbonyl (C=O) groups excluding carboxylic acids is 2. The summed E-state index contributed by atoms with van der Waals surface area (Å²) in [5.74, 6) is -0.246. The van der Waals surface area contributed by atoms with Gasteiger partial charge in [0.25, 0.3) is 0 Å². The third-order valence-corrected chi connectivity index (χ3v) is 1.51. The highest BCUT2D eigenvalue weighted by atomic mass is 16.3. The topological polar surface area (TPSA) is 69.6 Å². The summed E-state index contributed by atoms with van der Waals surface area (Å²) in [5, 5.41) is 10.6. The van der Waals surface area contributed by atoms with Gasteiger partial charge in [-0.15, -0.1) is 0 Å². The first kappa shape index (κ1) is 8.00. The number of aliphatic hydroxyl groups is 1. The maximum atomic E-state index is 10.9. The Kier molecular flexibility index (Phi) is 2.43. The second-order valence-corrected chi connectivity index (χ2v) is 2.31. The van der Waals surface area contributed by atoms with Crippen molar-refractivity contribution in [1.29, 1.82) is 0 Å². The molecule has 2 N–H and O–H groups in total. The molecule has 1 rings (SSSR count). The van der Waals surface area contributed by atoms with Crippen molar-refractivity contribution in [2.24, 2.45) is 0 Å². The molecule has 1 aliphatic heterocycles. The Morgan fingerprint density at radius 1 is 1.55 bits per heavy atom. The van der Waals surface area contributed by atoms with E-state index in [0.717, 1.165) is 0 Å². The number of rotatable bonds is 2. The van der Waals surface area contributed by atoms with E-state index < -0.39 is 6.03 Å². The van der Waals surface area contributed by atoms with Gasteiger partial charge in [-0.05, 0) is 0 Å². The Morgan fingerprint density at radius 3 is 2.82 bits per heavy atom. The van der Waals surface area contributed by atoms with Crippen LogP contribution in [0, 0.1) is 0 Å². The minimum absolute atomic E-state index is 0.0678. The maximum absolute atomic E-state index is 10.9. The molecule has 1 heterocycles. The summed E-state index contributed by atoms with van der Waals surface area (Å²) in [6.07, 6.45) is 0.325. The lowest BCUT2D eigenvalue weighted by Gasteiger charge is -2.25. The van der Waals surface area contributed by atoms with Crippen molar-refractivity contribution < 1.29 is 14.7 Å². The van der Waals surface area contributed by atoms with Gasteiger partial charge in [-0.2, -0.15) is 0 Å².